The van der Waals surface area contributed by atoms with E-state index < -0.39 is 5.95 Å². The molecule has 0 N–H and O–H groups in total. The summed E-state index contributed by atoms with van der Waals surface area (Å²) in [7, 11) is 0. The van der Waals surface area contributed by atoms with Crippen LogP contribution in [-0.2, 0) is 6.42 Å². The van der Waals surface area contributed by atoms with Crippen LogP contribution in [0.4, 0.5) is 4.39 Å². The lowest BCUT2D eigenvalue weighted by molar-refractivity contribution is 0.0986. The summed E-state index contributed by atoms with van der Waals surface area (Å²) in [5.41, 5.74) is 2.91. The molecule has 7 nitrogen and oxygen atoms in total. The topological polar surface area (TPSA) is 82.7 Å². The normalized spacial score (nSPS) is 11.0. The summed E-state index contributed by atoms with van der Waals surface area (Å²) >= 11 is 7.17. The van der Waals surface area contributed by atoms with Gasteiger partial charge in [0.15, 0.2) is 5.78 Å². The molecule has 0 aliphatic carbocycles. The molecule has 10 heteroatoms. The van der Waals surface area contributed by atoms with Gasteiger partial charge < -0.3 is 0 Å². The highest BCUT2D eigenvalue weighted by Crippen LogP contribution is 2.29. The highest BCUT2D eigenvalue weighted by Gasteiger charge is 2.15. The molecule has 4 heterocycles. The number of Topliss-reactive ketones (excluding diaryl/α,β-unsaturated/α-hetero) is 1. The van der Waals surface area contributed by atoms with Crippen LogP contribution >= 0.6 is 22.9 Å². The fourth-order valence-electron chi connectivity index (χ4n) is 3.68. The minimum atomic E-state index is -0.623. The summed E-state index contributed by atoms with van der Waals surface area (Å²) in [5, 5.41) is 8.44. The zero-order chi connectivity index (χ0) is 24.4. The standard InChI is InChI=1S/C25H17ClFN5O2S/c26-23-9-8-22(35-23)21(33)7-4-17-15-32(30-29-17)20-6-5-18(31-12-2-1-3-25(31)34)14-19(20)16-10-11-28-24(27)13-16/h1-3,5-6,8-15H,4,7H2. The van der Waals surface area contributed by atoms with Crippen molar-refractivity contribution in [2.75, 3.05) is 0 Å². The molecule has 0 bridgehead atoms. The number of ketones is 1. The van der Waals surface area contributed by atoms with E-state index in [1.165, 1.54) is 34.2 Å². The Balaban J connectivity index is 1.48. The first kappa shape index (κ1) is 22.8. The predicted molar refractivity (Wildman–Crippen MR) is 132 cm³/mol. The monoisotopic (exact) mass is 505 g/mol. The van der Waals surface area contributed by atoms with Gasteiger partial charge in [0.1, 0.15) is 0 Å². The number of aromatic nitrogens is 5. The molecule has 5 aromatic rings. The SMILES string of the molecule is O=C(CCc1cn(-c2ccc(-n3ccccc3=O)cc2-c2ccnc(F)c2)nn1)c1ccc(Cl)s1. The number of hydrogen-bond donors (Lipinski definition) is 0. The summed E-state index contributed by atoms with van der Waals surface area (Å²) in [5.74, 6) is -0.635. The number of halogens is 2. The molecule has 0 atom stereocenters. The second kappa shape index (κ2) is 9.73. The largest absolute Gasteiger partial charge is 0.293 e. The molecular weight excluding hydrogens is 489 g/mol. The number of pyridine rings is 2. The number of carbonyl (C=O) groups is 1. The second-order valence-corrected chi connectivity index (χ2v) is 9.37. The molecule has 35 heavy (non-hydrogen) atoms. The van der Waals surface area contributed by atoms with Gasteiger partial charge in [0.25, 0.3) is 5.56 Å². The maximum Gasteiger partial charge on any atom is 0.255 e. The molecule has 1 aromatic carbocycles. The Morgan fingerprint density at radius 1 is 1.09 bits per heavy atom. The van der Waals surface area contributed by atoms with Crippen LogP contribution in [0.3, 0.4) is 0 Å². The molecular formula is C25H17ClFN5O2S. The Morgan fingerprint density at radius 3 is 2.74 bits per heavy atom. The predicted octanol–water partition coefficient (Wildman–Crippen LogP) is 5.15. The van der Waals surface area contributed by atoms with E-state index in [1.807, 2.05) is 0 Å². The fourth-order valence-corrected chi connectivity index (χ4v) is 4.69. The smallest absolute Gasteiger partial charge is 0.255 e. The molecule has 0 amide bonds. The van der Waals surface area contributed by atoms with Crippen molar-refractivity contribution in [1.82, 2.24) is 24.5 Å². The Labute approximate surface area is 208 Å². The molecule has 0 spiro atoms. The van der Waals surface area contributed by atoms with Crippen molar-refractivity contribution in [3.8, 4) is 22.5 Å². The van der Waals surface area contributed by atoms with Gasteiger partial charge in [-0.25, -0.2) is 9.67 Å². The minimum absolute atomic E-state index is 0.0120. The Morgan fingerprint density at radius 2 is 1.97 bits per heavy atom. The van der Waals surface area contributed by atoms with E-state index in [-0.39, 0.29) is 17.8 Å². The lowest BCUT2D eigenvalue weighted by Gasteiger charge is -2.13. The quantitative estimate of drug-likeness (QED) is 0.226. The van der Waals surface area contributed by atoms with Gasteiger partial charge in [-0.2, -0.15) is 4.39 Å². The van der Waals surface area contributed by atoms with E-state index in [0.717, 1.165) is 0 Å². The van der Waals surface area contributed by atoms with Crippen molar-refractivity contribution in [3.63, 3.8) is 0 Å². The molecule has 174 valence electrons. The van der Waals surface area contributed by atoms with Crippen LogP contribution in [0, 0.1) is 5.95 Å². The summed E-state index contributed by atoms with van der Waals surface area (Å²) in [6, 6.07) is 16.7. The lowest BCUT2D eigenvalue weighted by atomic mass is 10.0. The van der Waals surface area contributed by atoms with Gasteiger partial charge in [-0.1, -0.05) is 22.9 Å². The van der Waals surface area contributed by atoms with Crippen LogP contribution in [0.1, 0.15) is 21.8 Å². The zero-order valence-electron chi connectivity index (χ0n) is 18.1. The van der Waals surface area contributed by atoms with Crippen molar-refractivity contribution < 1.29 is 9.18 Å². The van der Waals surface area contributed by atoms with E-state index in [1.54, 1.807) is 65.6 Å². The van der Waals surface area contributed by atoms with Crippen LogP contribution < -0.4 is 5.56 Å². The minimum Gasteiger partial charge on any atom is -0.293 e. The Hall–Kier alpha value is -3.95. The third kappa shape index (κ3) is 4.96. The number of thiophene rings is 1. The number of aryl methyl sites for hydroxylation is 1. The average molecular weight is 506 g/mol. The average Bonchev–Trinajstić information content (AvgIpc) is 3.52. The molecule has 0 saturated heterocycles. The summed E-state index contributed by atoms with van der Waals surface area (Å²) in [6.45, 7) is 0. The fraction of sp³-hybridized carbons (Fsp3) is 0.0800. The molecule has 0 aliphatic heterocycles. The molecule has 0 fully saturated rings. The van der Waals surface area contributed by atoms with Gasteiger partial charge in [-0.05, 0) is 48.0 Å². The molecule has 0 radical (unpaired) electrons. The van der Waals surface area contributed by atoms with Crippen molar-refractivity contribution in [2.24, 2.45) is 0 Å². The Bertz CT molecular complexity index is 1590. The van der Waals surface area contributed by atoms with Crippen molar-refractivity contribution >= 4 is 28.7 Å². The number of nitrogens with zero attached hydrogens (tertiary/aromatic N) is 5. The maximum absolute atomic E-state index is 14.0. The van der Waals surface area contributed by atoms with E-state index in [4.69, 9.17) is 11.6 Å². The van der Waals surface area contributed by atoms with Crippen LogP contribution in [0.25, 0.3) is 22.5 Å². The summed E-state index contributed by atoms with van der Waals surface area (Å²) < 4.78 is 17.6. The second-order valence-electron chi connectivity index (χ2n) is 7.66. The maximum atomic E-state index is 14.0. The molecule has 0 unspecified atom stereocenters. The molecule has 0 saturated carbocycles. The summed E-state index contributed by atoms with van der Waals surface area (Å²) in [4.78, 5) is 29.0. The number of hydrogen-bond acceptors (Lipinski definition) is 6. The molecule has 5 rings (SSSR count). The number of benzene rings is 1. The first-order valence-electron chi connectivity index (χ1n) is 10.6. The van der Waals surface area contributed by atoms with Gasteiger partial charge in [-0.3, -0.25) is 14.2 Å². The molecule has 0 aliphatic rings. The first-order valence-corrected chi connectivity index (χ1v) is 11.8. The van der Waals surface area contributed by atoms with E-state index in [2.05, 4.69) is 15.3 Å². The van der Waals surface area contributed by atoms with E-state index in [0.29, 0.717) is 43.8 Å². The van der Waals surface area contributed by atoms with Crippen molar-refractivity contribution in [2.45, 2.75) is 12.8 Å². The van der Waals surface area contributed by atoms with Gasteiger partial charge in [0.2, 0.25) is 5.95 Å². The van der Waals surface area contributed by atoms with Crippen LogP contribution in [-0.4, -0.2) is 30.3 Å². The highest BCUT2D eigenvalue weighted by molar-refractivity contribution is 7.18. The third-order valence-corrected chi connectivity index (χ3v) is 6.63. The van der Waals surface area contributed by atoms with Crippen LogP contribution in [0.15, 0.2) is 84.0 Å². The number of rotatable bonds is 7. The Kier molecular flexibility index (Phi) is 6.35. The van der Waals surface area contributed by atoms with Gasteiger partial charge in [-0.15, -0.1) is 16.4 Å². The van der Waals surface area contributed by atoms with E-state index >= 15 is 0 Å². The first-order chi connectivity index (χ1) is 17.0. The highest BCUT2D eigenvalue weighted by atomic mass is 35.5. The van der Waals surface area contributed by atoms with Gasteiger partial charge in [0, 0.05) is 48.6 Å². The summed E-state index contributed by atoms with van der Waals surface area (Å²) in [6.07, 6.45) is 5.46. The molecule has 4 aromatic heterocycles. The lowest BCUT2D eigenvalue weighted by Crippen LogP contribution is -2.15. The van der Waals surface area contributed by atoms with Crippen molar-refractivity contribution in [1.29, 1.82) is 0 Å². The number of carbonyl (C=O) groups excluding carboxylic acids is 1. The van der Waals surface area contributed by atoms with Gasteiger partial charge >= 0.3 is 0 Å². The van der Waals surface area contributed by atoms with Crippen LogP contribution in [0.5, 0.6) is 0 Å². The van der Waals surface area contributed by atoms with E-state index in [9.17, 15) is 14.0 Å². The van der Waals surface area contributed by atoms with Crippen LogP contribution in [0.2, 0.25) is 4.34 Å². The van der Waals surface area contributed by atoms with Gasteiger partial charge in [0.05, 0.1) is 26.8 Å². The van der Waals surface area contributed by atoms with Crippen molar-refractivity contribution in [3.05, 3.63) is 110 Å². The third-order valence-electron chi connectivity index (χ3n) is 5.36. The zero-order valence-corrected chi connectivity index (χ0v) is 19.7.